The molecule has 1 aromatic carbocycles. The first-order chi connectivity index (χ1) is 13.2. The number of fused-ring (bicyclic) bond motifs is 1. The molecule has 6 nitrogen and oxygen atoms in total. The zero-order chi connectivity index (χ0) is 20.5. The first kappa shape index (κ1) is 19.2. The van der Waals surface area contributed by atoms with Gasteiger partial charge in [-0.15, -0.1) is 0 Å². The Morgan fingerprint density at radius 1 is 1.32 bits per heavy atom. The summed E-state index contributed by atoms with van der Waals surface area (Å²) in [6, 6.07) is 9.54. The molecule has 2 aromatic heterocycles. The fourth-order valence-electron chi connectivity index (χ4n) is 2.67. The number of halogens is 3. The van der Waals surface area contributed by atoms with Gasteiger partial charge in [-0.25, -0.2) is 4.98 Å². The number of anilines is 2. The zero-order valence-electron chi connectivity index (χ0n) is 15.0. The quantitative estimate of drug-likeness (QED) is 0.728. The van der Waals surface area contributed by atoms with Crippen molar-refractivity contribution in [1.29, 1.82) is 5.26 Å². The van der Waals surface area contributed by atoms with Crippen molar-refractivity contribution in [3.63, 3.8) is 0 Å². The summed E-state index contributed by atoms with van der Waals surface area (Å²) in [6.45, 7) is 1.05. The van der Waals surface area contributed by atoms with Gasteiger partial charge < -0.3 is 14.6 Å². The summed E-state index contributed by atoms with van der Waals surface area (Å²) in [5.74, 6) is -0.689. The number of likely N-dealkylation sites (N-methyl/N-ethyl adjacent to an activating group) is 1. The van der Waals surface area contributed by atoms with E-state index in [-0.39, 0.29) is 23.5 Å². The number of hydrogen-bond acceptors (Lipinski definition) is 5. The van der Waals surface area contributed by atoms with Gasteiger partial charge in [0.25, 0.3) is 0 Å². The van der Waals surface area contributed by atoms with Gasteiger partial charge in [0.05, 0.1) is 18.4 Å². The number of carbonyl (C=O) groups is 1. The van der Waals surface area contributed by atoms with E-state index in [2.05, 4.69) is 10.3 Å². The third-order valence-electron chi connectivity index (χ3n) is 4.22. The highest BCUT2D eigenvalue weighted by Gasteiger charge is 2.34. The molecule has 0 aliphatic rings. The molecule has 0 fully saturated rings. The highest BCUT2D eigenvalue weighted by molar-refractivity contribution is 5.97. The highest BCUT2D eigenvalue weighted by Crippen LogP contribution is 2.31. The smallest absolute Gasteiger partial charge is 0.433 e. The van der Waals surface area contributed by atoms with Crippen molar-refractivity contribution < 1.29 is 22.4 Å². The number of benzene rings is 1. The number of nitrogens with one attached hydrogen (secondary N) is 1. The fourth-order valence-corrected chi connectivity index (χ4v) is 2.67. The Bertz CT molecular complexity index is 1080. The number of furan rings is 1. The van der Waals surface area contributed by atoms with Gasteiger partial charge >= 0.3 is 6.18 Å². The lowest BCUT2D eigenvalue weighted by molar-refractivity contribution is -0.141. The summed E-state index contributed by atoms with van der Waals surface area (Å²) in [6.07, 6.45) is -3.13. The first-order valence-electron chi connectivity index (χ1n) is 8.17. The molecule has 0 unspecified atom stereocenters. The molecule has 2 heterocycles. The fraction of sp³-hybridized carbons (Fsp3) is 0.211. The molecule has 3 aromatic rings. The van der Waals surface area contributed by atoms with Crippen LogP contribution in [0.1, 0.15) is 16.8 Å². The molecule has 0 atom stereocenters. The largest absolute Gasteiger partial charge is 0.464 e. The molecule has 0 saturated heterocycles. The second kappa shape index (κ2) is 7.23. The molecule has 0 aliphatic heterocycles. The van der Waals surface area contributed by atoms with Gasteiger partial charge in [-0.05, 0) is 42.8 Å². The Kier molecular flexibility index (Phi) is 4.96. The van der Waals surface area contributed by atoms with Crippen LogP contribution >= 0.6 is 0 Å². The second-order valence-corrected chi connectivity index (χ2v) is 6.11. The van der Waals surface area contributed by atoms with Gasteiger partial charge in [0, 0.05) is 18.1 Å². The van der Waals surface area contributed by atoms with E-state index in [1.54, 1.807) is 31.3 Å². The van der Waals surface area contributed by atoms with Crippen LogP contribution in [0.3, 0.4) is 0 Å². The molecule has 0 bridgehead atoms. The maximum atomic E-state index is 13.0. The molecule has 9 heteroatoms. The Morgan fingerprint density at radius 2 is 2.07 bits per heavy atom. The van der Waals surface area contributed by atoms with E-state index in [4.69, 9.17) is 4.42 Å². The minimum absolute atomic E-state index is 0.0386. The van der Waals surface area contributed by atoms with E-state index >= 15 is 0 Å². The lowest BCUT2D eigenvalue weighted by Crippen LogP contribution is -2.32. The zero-order valence-corrected chi connectivity index (χ0v) is 15.0. The summed E-state index contributed by atoms with van der Waals surface area (Å²) >= 11 is 0. The summed E-state index contributed by atoms with van der Waals surface area (Å²) < 4.78 is 44.2. The van der Waals surface area contributed by atoms with Crippen LogP contribution in [0.25, 0.3) is 11.0 Å². The number of nitriles is 1. The van der Waals surface area contributed by atoms with E-state index in [9.17, 15) is 23.2 Å². The van der Waals surface area contributed by atoms with Gasteiger partial charge in [0.2, 0.25) is 5.91 Å². The van der Waals surface area contributed by atoms with Crippen LogP contribution in [-0.2, 0) is 11.0 Å². The van der Waals surface area contributed by atoms with Crippen molar-refractivity contribution >= 4 is 28.4 Å². The molecule has 28 heavy (non-hydrogen) atoms. The van der Waals surface area contributed by atoms with Crippen LogP contribution in [0.5, 0.6) is 0 Å². The van der Waals surface area contributed by atoms with Gasteiger partial charge in [-0.2, -0.15) is 18.4 Å². The van der Waals surface area contributed by atoms with Crippen molar-refractivity contribution in [3.05, 3.63) is 53.4 Å². The number of pyridine rings is 1. The monoisotopic (exact) mass is 388 g/mol. The van der Waals surface area contributed by atoms with Crippen LogP contribution in [0.15, 0.2) is 41.0 Å². The minimum Gasteiger partial charge on any atom is -0.464 e. The van der Waals surface area contributed by atoms with Gasteiger partial charge in [-0.1, -0.05) is 0 Å². The highest BCUT2D eigenvalue weighted by atomic mass is 19.4. The van der Waals surface area contributed by atoms with Crippen LogP contribution < -0.4 is 10.2 Å². The summed E-state index contributed by atoms with van der Waals surface area (Å²) in [7, 11) is 1.54. The second-order valence-electron chi connectivity index (χ2n) is 6.11. The van der Waals surface area contributed by atoms with E-state index in [0.717, 1.165) is 11.5 Å². The van der Waals surface area contributed by atoms with Gasteiger partial charge in [0.1, 0.15) is 23.2 Å². The number of nitrogens with zero attached hydrogens (tertiary/aromatic N) is 3. The Morgan fingerprint density at radius 3 is 2.75 bits per heavy atom. The third-order valence-corrected chi connectivity index (χ3v) is 4.22. The van der Waals surface area contributed by atoms with Crippen LogP contribution in [-0.4, -0.2) is 24.5 Å². The van der Waals surface area contributed by atoms with Gasteiger partial charge in [-0.3, -0.25) is 4.79 Å². The number of rotatable bonds is 4. The molecule has 1 amide bonds. The summed E-state index contributed by atoms with van der Waals surface area (Å²) in [5, 5.41) is 12.6. The number of alkyl halides is 3. The number of aromatic nitrogens is 1. The Balaban J connectivity index is 1.80. The Labute approximate surface area is 158 Å². The maximum absolute atomic E-state index is 13.0. The van der Waals surface area contributed by atoms with E-state index < -0.39 is 17.8 Å². The predicted octanol–water partition coefficient (Wildman–Crippen LogP) is 4.10. The van der Waals surface area contributed by atoms with Crippen LogP contribution in [0.2, 0.25) is 0 Å². The molecular formula is C19H15F3N4O2. The van der Waals surface area contributed by atoms with Crippen LogP contribution in [0.4, 0.5) is 24.7 Å². The summed E-state index contributed by atoms with van der Waals surface area (Å²) in [4.78, 5) is 17.3. The Hall–Kier alpha value is -3.54. The van der Waals surface area contributed by atoms with Crippen molar-refractivity contribution in [2.24, 2.45) is 0 Å². The molecule has 3 rings (SSSR count). The number of hydrogen-bond donors (Lipinski definition) is 1. The number of carbonyl (C=O) groups excluding carboxylic acids is 1. The van der Waals surface area contributed by atoms with Crippen molar-refractivity contribution in [3.8, 4) is 6.07 Å². The predicted molar refractivity (Wildman–Crippen MR) is 96.8 cm³/mol. The van der Waals surface area contributed by atoms with Crippen molar-refractivity contribution in [2.45, 2.75) is 13.1 Å². The molecular weight excluding hydrogens is 373 g/mol. The number of amides is 1. The molecule has 0 saturated carbocycles. The van der Waals surface area contributed by atoms with Crippen molar-refractivity contribution in [1.82, 2.24) is 4.98 Å². The normalized spacial score (nSPS) is 11.3. The third kappa shape index (κ3) is 3.76. The molecule has 0 radical (unpaired) electrons. The summed E-state index contributed by atoms with van der Waals surface area (Å²) in [5.41, 5.74) is 0.221. The standard InChI is InChI=1S/C19H15F3N4O2/c1-11-7-16(19(20,21)22)25-18(14(11)9-23)24-10-17(27)26(2)13-3-4-15-12(8-13)5-6-28-15/h3-8H,10H2,1-2H3,(H,24,25). The molecule has 1 N–H and O–H groups in total. The molecule has 0 spiro atoms. The topological polar surface area (TPSA) is 82.2 Å². The lowest BCUT2D eigenvalue weighted by atomic mass is 10.1. The molecule has 144 valence electrons. The lowest BCUT2D eigenvalue weighted by Gasteiger charge is -2.19. The average molecular weight is 388 g/mol. The average Bonchev–Trinajstić information content (AvgIpc) is 3.12. The maximum Gasteiger partial charge on any atom is 0.433 e. The van der Waals surface area contributed by atoms with E-state index in [0.29, 0.717) is 11.3 Å². The van der Waals surface area contributed by atoms with E-state index in [1.165, 1.54) is 18.1 Å². The van der Waals surface area contributed by atoms with Gasteiger partial charge in [0.15, 0.2) is 0 Å². The molecule has 0 aliphatic carbocycles. The minimum atomic E-state index is -4.66. The first-order valence-corrected chi connectivity index (χ1v) is 8.17. The SMILES string of the molecule is Cc1cc(C(F)(F)F)nc(NCC(=O)N(C)c2ccc3occc3c2)c1C#N. The van der Waals surface area contributed by atoms with Crippen LogP contribution in [0, 0.1) is 18.3 Å². The van der Waals surface area contributed by atoms with Crippen molar-refractivity contribution in [2.75, 3.05) is 23.8 Å². The number of aryl methyl sites for hydroxylation is 1. The van der Waals surface area contributed by atoms with E-state index in [1.807, 2.05) is 6.07 Å².